The van der Waals surface area contributed by atoms with Crippen LogP contribution in [0.15, 0.2) is 11.4 Å². The summed E-state index contributed by atoms with van der Waals surface area (Å²) in [4.78, 5) is 1.44. The highest BCUT2D eigenvalue weighted by molar-refractivity contribution is 7.10. The van der Waals surface area contributed by atoms with Crippen LogP contribution in [0.3, 0.4) is 0 Å². The summed E-state index contributed by atoms with van der Waals surface area (Å²) in [5.41, 5.74) is 0. The second-order valence-electron chi connectivity index (χ2n) is 5.28. The fourth-order valence-electron chi connectivity index (χ4n) is 2.82. The van der Waals surface area contributed by atoms with Gasteiger partial charge < -0.3 is 10.1 Å². The van der Waals surface area contributed by atoms with Gasteiger partial charge in [-0.1, -0.05) is 32.6 Å². The first-order valence-corrected chi connectivity index (χ1v) is 8.07. The van der Waals surface area contributed by atoms with Crippen molar-refractivity contribution < 1.29 is 4.74 Å². The van der Waals surface area contributed by atoms with Crippen LogP contribution in [0.5, 0.6) is 5.75 Å². The highest BCUT2D eigenvalue weighted by atomic mass is 32.1. The summed E-state index contributed by atoms with van der Waals surface area (Å²) in [6, 6.07) is 2.73. The maximum atomic E-state index is 5.30. The summed E-state index contributed by atoms with van der Waals surface area (Å²) >= 11 is 1.83. The second-order valence-corrected chi connectivity index (χ2v) is 6.22. The van der Waals surface area contributed by atoms with Crippen LogP contribution in [0.25, 0.3) is 0 Å². The van der Waals surface area contributed by atoms with Crippen LogP contribution in [0.4, 0.5) is 0 Å². The van der Waals surface area contributed by atoms with Gasteiger partial charge in [-0.15, -0.1) is 11.3 Å². The summed E-state index contributed by atoms with van der Waals surface area (Å²) in [5, 5.41) is 5.82. The molecule has 1 heterocycles. The molecule has 1 aliphatic carbocycles. The molecular weight excluding hydrogens is 242 g/mol. The van der Waals surface area contributed by atoms with Crippen molar-refractivity contribution in [3.8, 4) is 5.75 Å². The van der Waals surface area contributed by atoms with E-state index in [1.54, 1.807) is 7.11 Å². The van der Waals surface area contributed by atoms with Crippen molar-refractivity contribution in [2.45, 2.75) is 51.5 Å². The molecule has 102 valence electrons. The minimum Gasteiger partial charge on any atom is -0.496 e. The lowest BCUT2D eigenvalue weighted by Gasteiger charge is -2.20. The summed E-state index contributed by atoms with van der Waals surface area (Å²) in [6.07, 6.45) is 8.20. The molecule has 1 atom stereocenters. The second kappa shape index (κ2) is 7.15. The van der Waals surface area contributed by atoms with Crippen LogP contribution in [-0.2, 0) is 0 Å². The molecule has 0 bridgehead atoms. The van der Waals surface area contributed by atoms with Crippen LogP contribution >= 0.6 is 11.3 Å². The van der Waals surface area contributed by atoms with Crippen molar-refractivity contribution in [2.75, 3.05) is 13.7 Å². The lowest BCUT2D eigenvalue weighted by atomic mass is 9.97. The molecule has 0 aliphatic heterocycles. The molecule has 1 aromatic rings. The molecule has 0 amide bonds. The Balaban J connectivity index is 1.98. The van der Waals surface area contributed by atoms with Gasteiger partial charge >= 0.3 is 0 Å². The first-order chi connectivity index (χ1) is 8.83. The van der Waals surface area contributed by atoms with E-state index in [4.69, 9.17) is 4.74 Å². The van der Waals surface area contributed by atoms with Crippen LogP contribution in [0.1, 0.15) is 56.4 Å². The number of methoxy groups -OCH3 is 1. The lowest BCUT2D eigenvalue weighted by molar-refractivity contribution is 0.395. The Bertz CT molecular complexity index is 344. The van der Waals surface area contributed by atoms with Crippen LogP contribution in [0, 0.1) is 5.92 Å². The SMILES string of the molecule is CCCNC(CC1CCCC1)c1cc(OC)cs1. The van der Waals surface area contributed by atoms with Crippen molar-refractivity contribution >= 4 is 11.3 Å². The molecule has 1 unspecified atom stereocenters. The first kappa shape index (κ1) is 13.9. The Morgan fingerprint density at radius 3 is 2.83 bits per heavy atom. The van der Waals surface area contributed by atoms with E-state index in [9.17, 15) is 0 Å². The maximum Gasteiger partial charge on any atom is 0.129 e. The van der Waals surface area contributed by atoms with Gasteiger partial charge in [-0.05, 0) is 31.4 Å². The van der Waals surface area contributed by atoms with Crippen molar-refractivity contribution in [2.24, 2.45) is 5.92 Å². The van der Waals surface area contributed by atoms with E-state index in [1.807, 2.05) is 11.3 Å². The van der Waals surface area contributed by atoms with Crippen LogP contribution in [0.2, 0.25) is 0 Å². The number of thiophene rings is 1. The van der Waals surface area contributed by atoms with Crippen LogP contribution in [-0.4, -0.2) is 13.7 Å². The standard InChI is InChI=1S/C15H25NOS/c1-3-8-16-14(9-12-6-4-5-7-12)15-10-13(17-2)11-18-15/h10-12,14,16H,3-9H2,1-2H3. The molecule has 2 rings (SSSR count). The van der Waals surface area contributed by atoms with Crippen molar-refractivity contribution in [3.63, 3.8) is 0 Å². The molecule has 0 saturated heterocycles. The van der Waals surface area contributed by atoms with Gasteiger partial charge in [0.25, 0.3) is 0 Å². The first-order valence-electron chi connectivity index (χ1n) is 7.19. The van der Waals surface area contributed by atoms with E-state index in [0.29, 0.717) is 6.04 Å². The predicted octanol–water partition coefficient (Wildman–Crippen LogP) is 4.38. The molecule has 3 heteroatoms. The topological polar surface area (TPSA) is 21.3 Å². The number of rotatable bonds is 7. The van der Waals surface area contributed by atoms with E-state index < -0.39 is 0 Å². The minimum atomic E-state index is 0.530. The summed E-state index contributed by atoms with van der Waals surface area (Å²) in [5.74, 6) is 1.93. The Morgan fingerprint density at radius 1 is 1.44 bits per heavy atom. The number of hydrogen-bond acceptors (Lipinski definition) is 3. The molecular formula is C15H25NOS. The van der Waals surface area contributed by atoms with Gasteiger partial charge in [-0.25, -0.2) is 0 Å². The van der Waals surface area contributed by atoms with E-state index in [-0.39, 0.29) is 0 Å². The van der Waals surface area contributed by atoms with Gasteiger partial charge in [0.05, 0.1) is 7.11 Å². The monoisotopic (exact) mass is 267 g/mol. The zero-order valence-corrected chi connectivity index (χ0v) is 12.4. The highest BCUT2D eigenvalue weighted by Gasteiger charge is 2.22. The molecule has 1 fully saturated rings. The zero-order chi connectivity index (χ0) is 12.8. The third-order valence-electron chi connectivity index (χ3n) is 3.86. The predicted molar refractivity (Wildman–Crippen MR) is 78.5 cm³/mol. The third kappa shape index (κ3) is 3.72. The molecule has 0 spiro atoms. The fourth-order valence-corrected chi connectivity index (χ4v) is 3.77. The van der Waals surface area contributed by atoms with Crippen molar-refractivity contribution in [1.29, 1.82) is 0 Å². The normalized spacial score (nSPS) is 18.1. The van der Waals surface area contributed by atoms with E-state index in [1.165, 1.54) is 43.4 Å². The Kier molecular flexibility index (Phi) is 5.51. The number of ether oxygens (including phenoxy) is 1. The van der Waals surface area contributed by atoms with E-state index >= 15 is 0 Å². The van der Waals surface area contributed by atoms with Gasteiger partial charge in [0.1, 0.15) is 5.75 Å². The van der Waals surface area contributed by atoms with Crippen molar-refractivity contribution in [3.05, 3.63) is 16.3 Å². The summed E-state index contributed by atoms with van der Waals surface area (Å²) < 4.78 is 5.30. The largest absolute Gasteiger partial charge is 0.496 e. The number of nitrogens with one attached hydrogen (secondary N) is 1. The molecule has 1 saturated carbocycles. The Hall–Kier alpha value is -0.540. The van der Waals surface area contributed by atoms with Crippen LogP contribution < -0.4 is 10.1 Å². The smallest absolute Gasteiger partial charge is 0.129 e. The fraction of sp³-hybridized carbons (Fsp3) is 0.733. The van der Waals surface area contributed by atoms with Gasteiger partial charge in [0, 0.05) is 16.3 Å². The quantitative estimate of drug-likeness (QED) is 0.791. The third-order valence-corrected chi connectivity index (χ3v) is 4.88. The molecule has 2 nitrogen and oxygen atoms in total. The maximum absolute atomic E-state index is 5.30. The summed E-state index contributed by atoms with van der Waals surface area (Å²) in [7, 11) is 1.75. The average Bonchev–Trinajstić information content (AvgIpc) is 3.05. The zero-order valence-electron chi connectivity index (χ0n) is 11.6. The molecule has 1 aliphatic rings. The molecule has 0 radical (unpaired) electrons. The Morgan fingerprint density at radius 2 is 2.22 bits per heavy atom. The van der Waals surface area contributed by atoms with Gasteiger partial charge in [-0.3, -0.25) is 0 Å². The average molecular weight is 267 g/mol. The van der Waals surface area contributed by atoms with E-state index in [2.05, 4.69) is 23.7 Å². The molecule has 0 aromatic carbocycles. The van der Waals surface area contributed by atoms with E-state index in [0.717, 1.165) is 18.2 Å². The van der Waals surface area contributed by atoms with Gasteiger partial charge in [0.15, 0.2) is 0 Å². The van der Waals surface area contributed by atoms with Crippen molar-refractivity contribution in [1.82, 2.24) is 5.32 Å². The summed E-state index contributed by atoms with van der Waals surface area (Å²) in [6.45, 7) is 3.34. The lowest BCUT2D eigenvalue weighted by Crippen LogP contribution is -2.23. The van der Waals surface area contributed by atoms with Gasteiger partial charge in [0.2, 0.25) is 0 Å². The highest BCUT2D eigenvalue weighted by Crippen LogP contribution is 2.36. The molecule has 1 N–H and O–H groups in total. The number of hydrogen-bond donors (Lipinski definition) is 1. The Labute approximate surface area is 115 Å². The minimum absolute atomic E-state index is 0.530. The van der Waals surface area contributed by atoms with Gasteiger partial charge in [-0.2, -0.15) is 0 Å². The molecule has 1 aromatic heterocycles. The molecule has 18 heavy (non-hydrogen) atoms.